The van der Waals surface area contributed by atoms with Gasteiger partial charge in [-0.2, -0.15) is 0 Å². The van der Waals surface area contributed by atoms with E-state index in [1.165, 1.54) is 32.1 Å². The minimum Gasteiger partial charge on any atom is -0.395 e. The molecule has 1 aliphatic rings. The Morgan fingerprint density at radius 2 is 1.89 bits per heavy atom. The summed E-state index contributed by atoms with van der Waals surface area (Å²) in [5, 5.41) is 8.94. The van der Waals surface area contributed by atoms with Crippen molar-refractivity contribution in [2.24, 2.45) is 4.99 Å². The van der Waals surface area contributed by atoms with E-state index in [0.717, 1.165) is 19.4 Å². The first kappa shape index (κ1) is 16.2. The number of hydrogen-bond acceptors (Lipinski definition) is 4. The fraction of sp³-hybridized carbons (Fsp3) is 0.867. The minimum absolute atomic E-state index is 0.0870. The lowest BCUT2D eigenvalue weighted by molar-refractivity contribution is -0.113. The third-order valence-corrected chi connectivity index (χ3v) is 3.56. The topological polar surface area (TPSA) is 52.9 Å². The van der Waals surface area contributed by atoms with E-state index in [1.807, 2.05) is 4.90 Å². The zero-order chi connectivity index (χ0) is 13.9. The highest BCUT2D eigenvalue weighted by atomic mass is 16.3. The second-order valence-corrected chi connectivity index (χ2v) is 5.21. The molecule has 1 N–H and O–H groups in total. The van der Waals surface area contributed by atoms with Gasteiger partial charge in [-0.1, -0.05) is 45.4 Å². The van der Waals surface area contributed by atoms with E-state index in [1.54, 1.807) is 0 Å². The molecule has 0 aromatic heterocycles. The van der Waals surface area contributed by atoms with Crippen LogP contribution in [0.3, 0.4) is 0 Å². The number of carbonyl (C=O) groups excluding carboxylic acids is 1. The number of carbonyl (C=O) groups is 1. The van der Waals surface area contributed by atoms with Crippen molar-refractivity contribution in [1.29, 1.82) is 0 Å². The smallest absolute Gasteiger partial charge is 0.197 e. The number of amidine groups is 1. The molecular weight excluding hydrogens is 240 g/mol. The van der Waals surface area contributed by atoms with Gasteiger partial charge in [-0.25, -0.2) is 0 Å². The van der Waals surface area contributed by atoms with Crippen LogP contribution in [0.4, 0.5) is 0 Å². The number of aliphatic hydroxyl groups excluding tert-OH is 1. The number of hydrogen-bond donors (Lipinski definition) is 1. The third-order valence-electron chi connectivity index (χ3n) is 3.56. The molecule has 4 heteroatoms. The van der Waals surface area contributed by atoms with Crippen molar-refractivity contribution in [3.63, 3.8) is 0 Å². The minimum atomic E-state index is 0.0870. The van der Waals surface area contributed by atoms with Crippen LogP contribution in [0.1, 0.15) is 58.3 Å². The van der Waals surface area contributed by atoms with Gasteiger partial charge in [0.15, 0.2) is 11.6 Å². The van der Waals surface area contributed by atoms with E-state index >= 15 is 0 Å². The monoisotopic (exact) mass is 268 g/mol. The molecule has 1 aliphatic heterocycles. The van der Waals surface area contributed by atoms with Crippen LogP contribution < -0.4 is 0 Å². The zero-order valence-electron chi connectivity index (χ0n) is 12.2. The number of aliphatic imine (C=N–C) groups is 1. The van der Waals surface area contributed by atoms with E-state index in [2.05, 4.69) is 11.9 Å². The van der Waals surface area contributed by atoms with E-state index in [9.17, 15) is 4.79 Å². The average molecular weight is 268 g/mol. The summed E-state index contributed by atoms with van der Waals surface area (Å²) in [5.74, 6) is 0.750. The lowest BCUT2D eigenvalue weighted by atomic mass is 10.1. The maximum Gasteiger partial charge on any atom is 0.197 e. The molecule has 0 aromatic rings. The first-order chi connectivity index (χ1) is 9.29. The fourth-order valence-electron chi connectivity index (χ4n) is 2.44. The maximum absolute atomic E-state index is 12.0. The molecule has 1 heterocycles. The predicted octanol–water partition coefficient (Wildman–Crippen LogP) is 2.40. The largest absolute Gasteiger partial charge is 0.395 e. The maximum atomic E-state index is 12.0. The van der Waals surface area contributed by atoms with Gasteiger partial charge in [-0.15, -0.1) is 0 Å². The third kappa shape index (κ3) is 6.19. The van der Waals surface area contributed by atoms with Crippen LogP contribution >= 0.6 is 0 Å². The van der Waals surface area contributed by atoms with Crippen LogP contribution in [0, 0.1) is 0 Å². The molecule has 0 aliphatic carbocycles. The Labute approximate surface area is 116 Å². The Balaban J connectivity index is 2.10. The van der Waals surface area contributed by atoms with Gasteiger partial charge in [0, 0.05) is 19.5 Å². The van der Waals surface area contributed by atoms with Crippen molar-refractivity contribution >= 4 is 11.6 Å². The van der Waals surface area contributed by atoms with Gasteiger partial charge in [-0.05, 0) is 6.42 Å². The lowest BCUT2D eigenvalue weighted by Gasteiger charge is -2.17. The number of aliphatic hydroxyl groups is 1. The molecule has 0 bridgehead atoms. The summed E-state index contributed by atoms with van der Waals surface area (Å²) in [6.45, 7) is 4.31. The van der Waals surface area contributed by atoms with Crippen molar-refractivity contribution in [2.75, 3.05) is 26.2 Å². The van der Waals surface area contributed by atoms with Gasteiger partial charge in [0.1, 0.15) is 0 Å². The molecule has 19 heavy (non-hydrogen) atoms. The lowest BCUT2D eigenvalue weighted by Crippen LogP contribution is -2.35. The summed E-state index contributed by atoms with van der Waals surface area (Å²) in [7, 11) is 0. The number of rotatable bonds is 11. The average Bonchev–Trinajstić information content (AvgIpc) is 2.86. The SMILES string of the molecule is CCCCCCCCCC(=O)C1=NCCN1CCO. The molecule has 0 saturated heterocycles. The molecule has 0 saturated carbocycles. The van der Waals surface area contributed by atoms with E-state index in [-0.39, 0.29) is 12.4 Å². The van der Waals surface area contributed by atoms with Crippen molar-refractivity contribution in [2.45, 2.75) is 58.3 Å². The van der Waals surface area contributed by atoms with Gasteiger partial charge in [0.25, 0.3) is 0 Å². The molecule has 0 spiro atoms. The zero-order valence-corrected chi connectivity index (χ0v) is 12.2. The van der Waals surface area contributed by atoms with Crippen LogP contribution in [0.25, 0.3) is 0 Å². The molecule has 0 fully saturated rings. The number of unbranched alkanes of at least 4 members (excludes halogenated alkanes) is 6. The first-order valence-corrected chi connectivity index (χ1v) is 7.73. The second kappa shape index (κ2) is 9.96. The summed E-state index contributed by atoms with van der Waals surface area (Å²) >= 11 is 0. The van der Waals surface area contributed by atoms with E-state index in [4.69, 9.17) is 5.11 Å². The summed E-state index contributed by atoms with van der Waals surface area (Å²) in [5.41, 5.74) is 0. The number of β-amino-alcohol motifs (C(OH)–C–C–N with tert-alkyl or cyclic N) is 1. The van der Waals surface area contributed by atoms with Crippen LogP contribution in [0.2, 0.25) is 0 Å². The quantitative estimate of drug-likeness (QED) is 0.585. The number of ketones is 1. The Bertz CT molecular complexity index is 290. The number of nitrogens with zero attached hydrogens (tertiary/aromatic N) is 2. The van der Waals surface area contributed by atoms with Crippen LogP contribution in [-0.2, 0) is 4.79 Å². The van der Waals surface area contributed by atoms with Gasteiger partial charge in [0.2, 0.25) is 0 Å². The normalized spacial score (nSPS) is 14.8. The molecular formula is C15H28N2O2. The second-order valence-electron chi connectivity index (χ2n) is 5.21. The predicted molar refractivity (Wildman–Crippen MR) is 78.6 cm³/mol. The first-order valence-electron chi connectivity index (χ1n) is 7.73. The molecule has 4 nitrogen and oxygen atoms in total. The molecule has 1 rings (SSSR count). The van der Waals surface area contributed by atoms with E-state index in [0.29, 0.717) is 25.3 Å². The summed E-state index contributed by atoms with van der Waals surface area (Å²) in [6, 6.07) is 0. The van der Waals surface area contributed by atoms with Crippen LogP contribution in [0.5, 0.6) is 0 Å². The molecule has 0 radical (unpaired) electrons. The van der Waals surface area contributed by atoms with Gasteiger partial charge in [-0.3, -0.25) is 9.79 Å². The van der Waals surface area contributed by atoms with Crippen molar-refractivity contribution in [3.05, 3.63) is 0 Å². The Morgan fingerprint density at radius 1 is 1.21 bits per heavy atom. The van der Waals surface area contributed by atoms with E-state index < -0.39 is 0 Å². The molecule has 0 atom stereocenters. The van der Waals surface area contributed by atoms with Crippen molar-refractivity contribution < 1.29 is 9.90 Å². The molecule has 0 unspecified atom stereocenters. The number of Topliss-reactive ketones (excluding diaryl/α,β-unsaturated/α-hetero) is 1. The Morgan fingerprint density at radius 3 is 2.58 bits per heavy atom. The molecule has 110 valence electrons. The Hall–Kier alpha value is -0.900. The highest BCUT2D eigenvalue weighted by molar-refractivity contribution is 6.39. The van der Waals surface area contributed by atoms with Crippen LogP contribution in [0.15, 0.2) is 4.99 Å². The summed E-state index contributed by atoms with van der Waals surface area (Å²) < 4.78 is 0. The highest BCUT2D eigenvalue weighted by Crippen LogP contribution is 2.11. The van der Waals surface area contributed by atoms with Crippen LogP contribution in [-0.4, -0.2) is 47.9 Å². The van der Waals surface area contributed by atoms with Gasteiger partial charge in [0.05, 0.1) is 13.2 Å². The molecule has 0 aromatic carbocycles. The van der Waals surface area contributed by atoms with Crippen molar-refractivity contribution in [3.8, 4) is 0 Å². The summed E-state index contributed by atoms with van der Waals surface area (Å²) in [6.07, 6.45) is 9.17. The highest BCUT2D eigenvalue weighted by Gasteiger charge is 2.22. The van der Waals surface area contributed by atoms with Gasteiger partial charge < -0.3 is 10.0 Å². The van der Waals surface area contributed by atoms with Gasteiger partial charge >= 0.3 is 0 Å². The van der Waals surface area contributed by atoms with Crippen molar-refractivity contribution in [1.82, 2.24) is 4.90 Å². The standard InChI is InChI=1S/C15H28N2O2/c1-2-3-4-5-6-7-8-9-14(19)15-16-10-11-17(15)12-13-18/h18H,2-13H2,1H3. The summed E-state index contributed by atoms with van der Waals surface area (Å²) in [4.78, 5) is 18.2. The fourth-order valence-corrected chi connectivity index (χ4v) is 2.44. The molecule has 0 amide bonds. The Kier molecular flexibility index (Phi) is 8.47.